The van der Waals surface area contributed by atoms with E-state index in [2.05, 4.69) is 23.5 Å². The van der Waals surface area contributed by atoms with Gasteiger partial charge in [-0.05, 0) is 38.5 Å². The molecule has 0 aliphatic carbocycles. The quantitative estimate of drug-likeness (QED) is 0.840. The maximum absolute atomic E-state index is 13.6. The highest BCUT2D eigenvalue weighted by atomic mass is 19.1. The summed E-state index contributed by atoms with van der Waals surface area (Å²) in [6, 6.07) is 9.73. The Morgan fingerprint density at radius 3 is 2.16 bits per heavy atom. The zero-order chi connectivity index (χ0) is 14.0. The van der Waals surface area contributed by atoms with E-state index < -0.39 is 11.6 Å². The van der Waals surface area contributed by atoms with E-state index in [1.807, 2.05) is 20.8 Å². The third-order valence-electron chi connectivity index (χ3n) is 3.05. The molecule has 0 aliphatic heterocycles. The van der Waals surface area contributed by atoms with Crippen molar-refractivity contribution in [2.24, 2.45) is 0 Å². The van der Waals surface area contributed by atoms with E-state index in [4.69, 9.17) is 0 Å². The van der Waals surface area contributed by atoms with Gasteiger partial charge in [-0.2, -0.15) is 0 Å². The van der Waals surface area contributed by atoms with E-state index in [0.29, 0.717) is 5.69 Å². The number of benzene rings is 2. The second-order valence-corrected chi connectivity index (χ2v) is 4.91. The number of rotatable bonds is 3. The van der Waals surface area contributed by atoms with E-state index in [0.717, 1.165) is 11.6 Å². The fourth-order valence-corrected chi connectivity index (χ4v) is 2.18. The second kappa shape index (κ2) is 5.39. The van der Waals surface area contributed by atoms with Crippen molar-refractivity contribution in [2.45, 2.75) is 26.8 Å². The Morgan fingerprint density at radius 1 is 0.947 bits per heavy atom. The zero-order valence-corrected chi connectivity index (χ0v) is 11.3. The lowest BCUT2D eigenvalue weighted by Gasteiger charge is -2.17. The maximum atomic E-state index is 13.6. The van der Waals surface area contributed by atoms with Gasteiger partial charge in [-0.3, -0.25) is 0 Å². The number of halogens is 2. The molecule has 0 spiro atoms. The molecule has 0 saturated carbocycles. The van der Waals surface area contributed by atoms with E-state index in [-0.39, 0.29) is 6.04 Å². The summed E-state index contributed by atoms with van der Waals surface area (Å²) >= 11 is 0. The predicted molar refractivity (Wildman–Crippen MR) is 74.3 cm³/mol. The SMILES string of the molecule is Cc1cc(C)cc(C(C)Nc2ccc(F)cc2F)c1. The van der Waals surface area contributed by atoms with Crippen molar-refractivity contribution in [3.8, 4) is 0 Å². The molecule has 0 amide bonds. The molecule has 2 rings (SSSR count). The molecule has 2 aromatic carbocycles. The summed E-state index contributed by atoms with van der Waals surface area (Å²) in [7, 11) is 0. The van der Waals surface area contributed by atoms with Crippen LogP contribution >= 0.6 is 0 Å². The van der Waals surface area contributed by atoms with Crippen molar-refractivity contribution in [3.05, 3.63) is 64.7 Å². The molecule has 1 unspecified atom stereocenters. The van der Waals surface area contributed by atoms with Gasteiger partial charge in [0.05, 0.1) is 5.69 Å². The molecule has 0 bridgehead atoms. The van der Waals surface area contributed by atoms with E-state index >= 15 is 0 Å². The standard InChI is InChI=1S/C16H17F2N/c1-10-6-11(2)8-13(7-10)12(3)19-16-5-4-14(17)9-15(16)18/h4-9,12,19H,1-3H3. The Bertz CT molecular complexity index is 573. The van der Waals surface area contributed by atoms with Gasteiger partial charge in [0.2, 0.25) is 0 Å². The molecule has 0 fully saturated rings. The Kier molecular flexibility index (Phi) is 3.84. The van der Waals surface area contributed by atoms with Crippen LogP contribution in [0.15, 0.2) is 36.4 Å². The van der Waals surface area contributed by atoms with Crippen molar-refractivity contribution in [2.75, 3.05) is 5.32 Å². The van der Waals surface area contributed by atoms with Crippen LogP contribution in [-0.4, -0.2) is 0 Å². The van der Waals surface area contributed by atoms with E-state index in [9.17, 15) is 8.78 Å². The van der Waals surface area contributed by atoms with Crippen LogP contribution in [0.25, 0.3) is 0 Å². The topological polar surface area (TPSA) is 12.0 Å². The molecule has 1 atom stereocenters. The van der Waals surface area contributed by atoms with Crippen LogP contribution in [-0.2, 0) is 0 Å². The van der Waals surface area contributed by atoms with E-state index in [1.165, 1.54) is 23.3 Å². The molecular formula is C16H17F2N. The third-order valence-corrected chi connectivity index (χ3v) is 3.05. The van der Waals surface area contributed by atoms with Gasteiger partial charge in [0.15, 0.2) is 0 Å². The van der Waals surface area contributed by atoms with Gasteiger partial charge in [0, 0.05) is 12.1 Å². The summed E-state index contributed by atoms with van der Waals surface area (Å²) in [5.41, 5.74) is 3.74. The third kappa shape index (κ3) is 3.31. The number of hydrogen-bond donors (Lipinski definition) is 1. The van der Waals surface area contributed by atoms with Crippen LogP contribution in [0, 0.1) is 25.5 Å². The van der Waals surface area contributed by atoms with E-state index in [1.54, 1.807) is 0 Å². The van der Waals surface area contributed by atoms with Crippen LogP contribution in [0.4, 0.5) is 14.5 Å². The summed E-state index contributed by atoms with van der Waals surface area (Å²) in [6.45, 7) is 6.01. The normalized spacial score (nSPS) is 12.3. The predicted octanol–water partition coefficient (Wildman–Crippen LogP) is 4.75. The average molecular weight is 261 g/mol. The molecule has 2 aromatic rings. The minimum absolute atomic E-state index is 0.0430. The lowest BCUT2D eigenvalue weighted by Crippen LogP contribution is -2.08. The number of aryl methyl sites for hydroxylation is 2. The minimum Gasteiger partial charge on any atom is -0.376 e. The van der Waals surface area contributed by atoms with Crippen LogP contribution < -0.4 is 5.32 Å². The van der Waals surface area contributed by atoms with Crippen LogP contribution in [0.5, 0.6) is 0 Å². The Labute approximate surface area is 112 Å². The van der Waals surface area contributed by atoms with Crippen molar-refractivity contribution in [1.82, 2.24) is 0 Å². The largest absolute Gasteiger partial charge is 0.376 e. The first-order chi connectivity index (χ1) is 8.95. The first-order valence-electron chi connectivity index (χ1n) is 6.25. The molecule has 1 nitrogen and oxygen atoms in total. The average Bonchev–Trinajstić information content (AvgIpc) is 2.31. The number of anilines is 1. The maximum Gasteiger partial charge on any atom is 0.149 e. The lowest BCUT2D eigenvalue weighted by molar-refractivity contribution is 0.584. The van der Waals surface area contributed by atoms with Gasteiger partial charge in [-0.15, -0.1) is 0 Å². The van der Waals surface area contributed by atoms with Gasteiger partial charge in [-0.1, -0.05) is 29.3 Å². The summed E-state index contributed by atoms with van der Waals surface area (Å²) in [5.74, 6) is -1.14. The van der Waals surface area contributed by atoms with Gasteiger partial charge >= 0.3 is 0 Å². The smallest absolute Gasteiger partial charge is 0.149 e. The monoisotopic (exact) mass is 261 g/mol. The van der Waals surface area contributed by atoms with Crippen LogP contribution in [0.3, 0.4) is 0 Å². The molecule has 3 heteroatoms. The fraction of sp³-hybridized carbons (Fsp3) is 0.250. The summed E-state index contributed by atoms with van der Waals surface area (Å²) < 4.78 is 26.4. The molecule has 0 aromatic heterocycles. The molecule has 100 valence electrons. The molecule has 19 heavy (non-hydrogen) atoms. The summed E-state index contributed by atoms with van der Waals surface area (Å²) in [4.78, 5) is 0. The molecule has 0 heterocycles. The summed E-state index contributed by atoms with van der Waals surface area (Å²) in [5, 5.41) is 3.07. The van der Waals surface area contributed by atoms with Crippen molar-refractivity contribution in [3.63, 3.8) is 0 Å². The number of nitrogens with one attached hydrogen (secondary N) is 1. The van der Waals surface area contributed by atoms with Crippen LogP contribution in [0.2, 0.25) is 0 Å². The highest BCUT2D eigenvalue weighted by Crippen LogP contribution is 2.23. The Hall–Kier alpha value is -1.90. The minimum atomic E-state index is -0.573. The molecule has 0 radical (unpaired) electrons. The zero-order valence-electron chi connectivity index (χ0n) is 11.3. The summed E-state index contributed by atoms with van der Waals surface area (Å²) in [6.07, 6.45) is 0. The number of hydrogen-bond acceptors (Lipinski definition) is 1. The van der Waals surface area contributed by atoms with Gasteiger partial charge in [0.25, 0.3) is 0 Å². The highest BCUT2D eigenvalue weighted by molar-refractivity contribution is 5.47. The first kappa shape index (κ1) is 13.5. The Morgan fingerprint density at radius 2 is 1.58 bits per heavy atom. The van der Waals surface area contributed by atoms with Crippen molar-refractivity contribution < 1.29 is 8.78 Å². The highest BCUT2D eigenvalue weighted by Gasteiger charge is 2.10. The molecular weight excluding hydrogens is 244 g/mol. The lowest BCUT2D eigenvalue weighted by atomic mass is 10.0. The molecule has 0 saturated heterocycles. The van der Waals surface area contributed by atoms with Crippen LogP contribution in [0.1, 0.15) is 29.7 Å². The second-order valence-electron chi connectivity index (χ2n) is 4.91. The van der Waals surface area contributed by atoms with Gasteiger partial charge in [0.1, 0.15) is 11.6 Å². The fourth-order valence-electron chi connectivity index (χ4n) is 2.18. The van der Waals surface area contributed by atoms with Gasteiger partial charge in [-0.25, -0.2) is 8.78 Å². The Balaban J connectivity index is 2.22. The van der Waals surface area contributed by atoms with Crippen molar-refractivity contribution in [1.29, 1.82) is 0 Å². The van der Waals surface area contributed by atoms with Gasteiger partial charge < -0.3 is 5.32 Å². The molecule has 0 aliphatic rings. The molecule has 1 N–H and O–H groups in total. The van der Waals surface area contributed by atoms with Crippen molar-refractivity contribution >= 4 is 5.69 Å². The first-order valence-corrected chi connectivity index (χ1v) is 6.25.